The van der Waals surface area contributed by atoms with Crippen LogP contribution in [-0.2, 0) is 9.84 Å². The van der Waals surface area contributed by atoms with Gasteiger partial charge < -0.3 is 9.47 Å². The van der Waals surface area contributed by atoms with Crippen LogP contribution in [0.25, 0.3) is 0 Å². The summed E-state index contributed by atoms with van der Waals surface area (Å²) in [6.07, 6.45) is -1.09. The summed E-state index contributed by atoms with van der Waals surface area (Å²) in [7, 11) is 0. The van der Waals surface area contributed by atoms with Crippen molar-refractivity contribution in [2.45, 2.75) is 13.2 Å². The SMILES string of the molecule is CCOC([O])COc1ccccc1. The van der Waals surface area contributed by atoms with Crippen LogP contribution in [0, 0.1) is 0 Å². The van der Waals surface area contributed by atoms with Gasteiger partial charge in [-0.3, -0.25) is 0 Å². The summed E-state index contributed by atoms with van der Waals surface area (Å²) < 4.78 is 9.97. The molecule has 0 heterocycles. The summed E-state index contributed by atoms with van der Waals surface area (Å²) in [5, 5.41) is 11.0. The molecule has 0 spiro atoms. The molecular formula is C10H13O3. The fourth-order valence-corrected chi connectivity index (χ4v) is 0.915. The number of ether oxygens (including phenoxy) is 2. The Morgan fingerprint density at radius 2 is 2.00 bits per heavy atom. The van der Waals surface area contributed by atoms with Crippen LogP contribution in [0.2, 0.25) is 0 Å². The van der Waals surface area contributed by atoms with E-state index in [2.05, 4.69) is 0 Å². The lowest BCUT2D eigenvalue weighted by Gasteiger charge is -2.09. The van der Waals surface area contributed by atoms with Crippen LogP contribution in [-0.4, -0.2) is 19.5 Å². The number of hydrogen-bond donors (Lipinski definition) is 0. The van der Waals surface area contributed by atoms with Gasteiger partial charge in [0, 0.05) is 6.61 Å². The molecule has 0 saturated carbocycles. The lowest BCUT2D eigenvalue weighted by Crippen LogP contribution is -2.19. The summed E-state index contributed by atoms with van der Waals surface area (Å²) >= 11 is 0. The molecule has 13 heavy (non-hydrogen) atoms. The largest absolute Gasteiger partial charge is 0.488 e. The van der Waals surface area contributed by atoms with Crippen LogP contribution in [0.3, 0.4) is 0 Å². The van der Waals surface area contributed by atoms with Crippen molar-refractivity contribution in [2.75, 3.05) is 13.2 Å². The predicted octanol–water partition coefficient (Wildman–Crippen LogP) is 1.86. The van der Waals surface area contributed by atoms with Gasteiger partial charge >= 0.3 is 0 Å². The molecule has 1 rings (SSSR count). The summed E-state index contributed by atoms with van der Waals surface area (Å²) in [5.41, 5.74) is 0. The molecule has 3 nitrogen and oxygen atoms in total. The number of rotatable bonds is 5. The molecule has 1 unspecified atom stereocenters. The zero-order chi connectivity index (χ0) is 9.52. The Balaban J connectivity index is 2.27. The van der Waals surface area contributed by atoms with Crippen molar-refractivity contribution < 1.29 is 14.6 Å². The van der Waals surface area contributed by atoms with E-state index in [1.165, 1.54) is 0 Å². The second-order valence-corrected chi connectivity index (χ2v) is 2.51. The fraction of sp³-hybridized carbons (Fsp3) is 0.400. The highest BCUT2D eigenvalue weighted by Gasteiger charge is 2.04. The molecular weight excluding hydrogens is 168 g/mol. The van der Waals surface area contributed by atoms with E-state index in [9.17, 15) is 5.11 Å². The Bertz CT molecular complexity index is 223. The standard InChI is InChI=1S/C10H13O3/c1-2-12-10(11)8-13-9-6-4-3-5-7-9/h3-7,10H,2,8H2,1H3. The first-order valence-electron chi connectivity index (χ1n) is 4.28. The van der Waals surface area contributed by atoms with E-state index in [4.69, 9.17) is 9.47 Å². The molecule has 1 radical (unpaired) electrons. The molecule has 0 aliphatic heterocycles. The maximum Gasteiger partial charge on any atom is 0.225 e. The Morgan fingerprint density at radius 3 is 2.62 bits per heavy atom. The molecule has 0 N–H and O–H groups in total. The third kappa shape index (κ3) is 3.92. The van der Waals surface area contributed by atoms with Crippen LogP contribution in [0.1, 0.15) is 6.92 Å². The first kappa shape index (κ1) is 10.0. The molecule has 0 fully saturated rings. The minimum atomic E-state index is -1.09. The Kier molecular flexibility index (Phi) is 4.29. The van der Waals surface area contributed by atoms with Gasteiger partial charge in [0.05, 0.1) is 0 Å². The first-order chi connectivity index (χ1) is 6.33. The maximum absolute atomic E-state index is 11.0. The molecule has 0 saturated heterocycles. The Hall–Kier alpha value is -1.06. The lowest BCUT2D eigenvalue weighted by atomic mass is 10.3. The highest BCUT2D eigenvalue weighted by molar-refractivity contribution is 5.20. The number of hydrogen-bond acceptors (Lipinski definition) is 2. The van der Waals surface area contributed by atoms with Crippen LogP contribution >= 0.6 is 0 Å². The highest BCUT2D eigenvalue weighted by atomic mass is 16.6. The molecule has 71 valence electrons. The highest BCUT2D eigenvalue weighted by Crippen LogP contribution is 2.08. The summed E-state index contributed by atoms with van der Waals surface area (Å²) in [6, 6.07) is 9.22. The molecule has 1 aromatic carbocycles. The van der Waals surface area contributed by atoms with E-state index in [1.54, 1.807) is 19.1 Å². The second-order valence-electron chi connectivity index (χ2n) is 2.51. The molecule has 1 aromatic rings. The van der Waals surface area contributed by atoms with Crippen molar-refractivity contribution >= 4 is 0 Å². The van der Waals surface area contributed by atoms with Crippen molar-refractivity contribution in [3.05, 3.63) is 30.3 Å². The van der Waals surface area contributed by atoms with Crippen molar-refractivity contribution in [1.29, 1.82) is 0 Å². The van der Waals surface area contributed by atoms with E-state index in [1.807, 2.05) is 18.2 Å². The molecule has 1 atom stereocenters. The number of benzene rings is 1. The van der Waals surface area contributed by atoms with Gasteiger partial charge in [0.1, 0.15) is 12.4 Å². The molecule has 0 aliphatic rings. The zero-order valence-corrected chi connectivity index (χ0v) is 7.60. The van der Waals surface area contributed by atoms with E-state index in [-0.39, 0.29) is 6.61 Å². The van der Waals surface area contributed by atoms with Crippen molar-refractivity contribution in [3.8, 4) is 5.75 Å². The van der Waals surface area contributed by atoms with Crippen LogP contribution in [0.5, 0.6) is 5.75 Å². The van der Waals surface area contributed by atoms with Gasteiger partial charge in [-0.1, -0.05) is 18.2 Å². The third-order valence-electron chi connectivity index (χ3n) is 1.48. The quantitative estimate of drug-likeness (QED) is 0.650. The average molecular weight is 181 g/mol. The van der Waals surface area contributed by atoms with Crippen molar-refractivity contribution in [3.63, 3.8) is 0 Å². The monoisotopic (exact) mass is 181 g/mol. The third-order valence-corrected chi connectivity index (χ3v) is 1.48. The zero-order valence-electron chi connectivity index (χ0n) is 7.60. The first-order valence-corrected chi connectivity index (χ1v) is 4.28. The summed E-state index contributed by atoms with van der Waals surface area (Å²) in [4.78, 5) is 0. The molecule has 0 bridgehead atoms. The van der Waals surface area contributed by atoms with E-state index in [0.29, 0.717) is 12.4 Å². The second kappa shape index (κ2) is 5.56. The molecule has 0 aromatic heterocycles. The predicted molar refractivity (Wildman–Crippen MR) is 48.0 cm³/mol. The Labute approximate surface area is 77.9 Å². The minimum absolute atomic E-state index is 0.0534. The normalized spacial score (nSPS) is 12.5. The van der Waals surface area contributed by atoms with Gasteiger partial charge in [0.15, 0.2) is 0 Å². The maximum atomic E-state index is 11.0. The minimum Gasteiger partial charge on any atom is -0.488 e. The fourth-order valence-electron chi connectivity index (χ4n) is 0.915. The topological polar surface area (TPSA) is 38.4 Å². The summed E-state index contributed by atoms with van der Waals surface area (Å²) in [5.74, 6) is 0.697. The van der Waals surface area contributed by atoms with Crippen molar-refractivity contribution in [1.82, 2.24) is 0 Å². The van der Waals surface area contributed by atoms with Crippen molar-refractivity contribution in [2.24, 2.45) is 0 Å². The molecule has 0 amide bonds. The van der Waals surface area contributed by atoms with Gasteiger partial charge in [-0.2, -0.15) is 5.11 Å². The van der Waals surface area contributed by atoms with E-state index >= 15 is 0 Å². The molecule has 3 heteroatoms. The van der Waals surface area contributed by atoms with Crippen LogP contribution in [0.4, 0.5) is 0 Å². The van der Waals surface area contributed by atoms with E-state index in [0.717, 1.165) is 0 Å². The van der Waals surface area contributed by atoms with Gasteiger partial charge in [0.2, 0.25) is 6.29 Å². The smallest absolute Gasteiger partial charge is 0.225 e. The van der Waals surface area contributed by atoms with E-state index < -0.39 is 6.29 Å². The summed E-state index contributed by atoms with van der Waals surface area (Å²) in [6.45, 7) is 2.26. The van der Waals surface area contributed by atoms with Crippen LogP contribution in [0.15, 0.2) is 30.3 Å². The average Bonchev–Trinajstić information content (AvgIpc) is 2.17. The number of para-hydroxylation sites is 1. The van der Waals surface area contributed by atoms with Gasteiger partial charge in [-0.05, 0) is 19.1 Å². The van der Waals surface area contributed by atoms with Gasteiger partial charge in [0.25, 0.3) is 0 Å². The van der Waals surface area contributed by atoms with Crippen LogP contribution < -0.4 is 4.74 Å². The van der Waals surface area contributed by atoms with Gasteiger partial charge in [-0.15, -0.1) is 0 Å². The lowest BCUT2D eigenvalue weighted by molar-refractivity contribution is -0.153. The van der Waals surface area contributed by atoms with Gasteiger partial charge in [-0.25, -0.2) is 0 Å². The molecule has 0 aliphatic carbocycles. The Morgan fingerprint density at radius 1 is 1.31 bits per heavy atom.